The molecule has 0 fully saturated rings. The van der Waals surface area contributed by atoms with Gasteiger partial charge in [-0.1, -0.05) is 5.16 Å². The zero-order valence-electron chi connectivity index (χ0n) is 10.3. The molecular formula is C12H9F2N3O3. The Labute approximate surface area is 111 Å². The van der Waals surface area contributed by atoms with Crippen LogP contribution in [0.15, 0.2) is 28.9 Å². The van der Waals surface area contributed by atoms with Crippen molar-refractivity contribution >= 4 is 17.5 Å². The summed E-state index contributed by atoms with van der Waals surface area (Å²) in [6.45, 7) is 1.44. The Morgan fingerprint density at radius 2 is 2.20 bits per heavy atom. The molecule has 0 unspecified atom stereocenters. The average Bonchev–Trinajstić information content (AvgIpc) is 2.73. The second-order valence-electron chi connectivity index (χ2n) is 3.84. The van der Waals surface area contributed by atoms with Gasteiger partial charge in [0, 0.05) is 18.3 Å². The maximum absolute atomic E-state index is 13.3. The summed E-state index contributed by atoms with van der Waals surface area (Å²) in [5, 5.41) is 16.8. The SMILES string of the molecule is Cc1noc(C=CNc2ccc(F)cc2F)c1[N+](=O)[O-]. The van der Waals surface area contributed by atoms with Gasteiger partial charge in [-0.2, -0.15) is 0 Å². The lowest BCUT2D eigenvalue weighted by atomic mass is 10.3. The van der Waals surface area contributed by atoms with Gasteiger partial charge in [-0.15, -0.1) is 0 Å². The quantitative estimate of drug-likeness (QED) is 0.687. The zero-order valence-corrected chi connectivity index (χ0v) is 10.3. The van der Waals surface area contributed by atoms with E-state index in [0.29, 0.717) is 0 Å². The molecule has 0 aliphatic rings. The van der Waals surface area contributed by atoms with Gasteiger partial charge in [-0.25, -0.2) is 8.78 Å². The van der Waals surface area contributed by atoms with Crippen molar-refractivity contribution in [2.45, 2.75) is 6.92 Å². The number of nitro groups is 1. The molecular weight excluding hydrogens is 272 g/mol. The summed E-state index contributed by atoms with van der Waals surface area (Å²) in [6.07, 6.45) is 2.48. The van der Waals surface area contributed by atoms with Crippen molar-refractivity contribution in [3.8, 4) is 0 Å². The molecule has 0 aliphatic heterocycles. The fraction of sp³-hybridized carbons (Fsp3) is 0.0833. The third-order valence-corrected chi connectivity index (χ3v) is 2.44. The van der Waals surface area contributed by atoms with Crippen molar-refractivity contribution < 1.29 is 18.2 Å². The monoisotopic (exact) mass is 281 g/mol. The van der Waals surface area contributed by atoms with Crippen LogP contribution in [0.3, 0.4) is 0 Å². The summed E-state index contributed by atoms with van der Waals surface area (Å²) in [4.78, 5) is 10.2. The van der Waals surface area contributed by atoms with Gasteiger partial charge in [0.25, 0.3) is 0 Å². The highest BCUT2D eigenvalue weighted by Gasteiger charge is 2.21. The number of halogens is 2. The van der Waals surface area contributed by atoms with Crippen molar-refractivity contribution in [2.75, 3.05) is 5.32 Å². The van der Waals surface area contributed by atoms with Crippen LogP contribution in [0.4, 0.5) is 20.2 Å². The van der Waals surface area contributed by atoms with Crippen molar-refractivity contribution in [1.29, 1.82) is 0 Å². The second-order valence-corrected chi connectivity index (χ2v) is 3.84. The smallest absolute Gasteiger partial charge is 0.338 e. The highest BCUT2D eigenvalue weighted by molar-refractivity contribution is 5.59. The van der Waals surface area contributed by atoms with E-state index < -0.39 is 16.6 Å². The van der Waals surface area contributed by atoms with Crippen LogP contribution < -0.4 is 5.32 Å². The molecule has 0 saturated carbocycles. The van der Waals surface area contributed by atoms with Gasteiger partial charge >= 0.3 is 5.69 Å². The topological polar surface area (TPSA) is 81.2 Å². The lowest BCUT2D eigenvalue weighted by Crippen LogP contribution is -1.93. The molecule has 0 aliphatic carbocycles. The summed E-state index contributed by atoms with van der Waals surface area (Å²) in [6, 6.07) is 3.01. The first kappa shape index (κ1) is 13.7. The fourth-order valence-electron chi connectivity index (χ4n) is 1.53. The van der Waals surface area contributed by atoms with E-state index in [1.54, 1.807) is 0 Å². The van der Waals surface area contributed by atoms with Crippen LogP contribution >= 0.6 is 0 Å². The minimum absolute atomic E-state index is 0.0292. The highest BCUT2D eigenvalue weighted by Crippen LogP contribution is 2.24. The fourth-order valence-corrected chi connectivity index (χ4v) is 1.53. The van der Waals surface area contributed by atoms with E-state index in [4.69, 9.17) is 4.52 Å². The molecule has 1 N–H and O–H groups in total. The standard InChI is InChI=1S/C12H9F2N3O3/c1-7-12(17(18)19)11(20-16-7)4-5-15-10-3-2-8(13)6-9(10)14/h2-6,15H,1H3. The molecule has 0 atom stereocenters. The first-order valence-corrected chi connectivity index (χ1v) is 5.48. The minimum atomic E-state index is -0.780. The van der Waals surface area contributed by atoms with E-state index in [2.05, 4.69) is 10.5 Å². The van der Waals surface area contributed by atoms with Crippen LogP contribution in [-0.4, -0.2) is 10.1 Å². The maximum atomic E-state index is 13.3. The Balaban J connectivity index is 2.16. The predicted molar refractivity (Wildman–Crippen MR) is 66.9 cm³/mol. The first-order chi connectivity index (χ1) is 9.49. The number of benzene rings is 1. The average molecular weight is 281 g/mol. The van der Waals surface area contributed by atoms with Gasteiger partial charge < -0.3 is 9.84 Å². The van der Waals surface area contributed by atoms with Gasteiger partial charge in [-0.05, 0) is 19.1 Å². The number of hydrogen-bond acceptors (Lipinski definition) is 5. The molecule has 0 spiro atoms. The Hall–Kier alpha value is -2.77. The van der Waals surface area contributed by atoms with Crippen molar-refractivity contribution in [2.24, 2.45) is 0 Å². The second kappa shape index (κ2) is 5.47. The zero-order chi connectivity index (χ0) is 14.7. The van der Waals surface area contributed by atoms with Crippen LogP contribution in [0, 0.1) is 28.7 Å². The normalized spacial score (nSPS) is 10.9. The molecule has 6 nitrogen and oxygen atoms in total. The summed E-state index contributed by atoms with van der Waals surface area (Å²) < 4.78 is 30.8. The largest absolute Gasteiger partial charge is 0.359 e. The number of nitrogens with one attached hydrogen (secondary N) is 1. The molecule has 1 heterocycles. The molecule has 2 aromatic rings. The van der Waals surface area contributed by atoms with E-state index in [1.165, 1.54) is 25.3 Å². The highest BCUT2D eigenvalue weighted by atomic mass is 19.1. The molecule has 8 heteroatoms. The Morgan fingerprint density at radius 1 is 1.45 bits per heavy atom. The van der Waals surface area contributed by atoms with Crippen molar-refractivity contribution in [3.05, 3.63) is 57.6 Å². The molecule has 0 amide bonds. The molecule has 1 aromatic heterocycles. The Morgan fingerprint density at radius 3 is 2.85 bits per heavy atom. The number of aryl methyl sites for hydroxylation is 1. The van der Waals surface area contributed by atoms with E-state index in [1.807, 2.05) is 0 Å². The molecule has 20 heavy (non-hydrogen) atoms. The van der Waals surface area contributed by atoms with Crippen LogP contribution in [-0.2, 0) is 0 Å². The molecule has 1 aromatic carbocycles. The lowest BCUT2D eigenvalue weighted by molar-refractivity contribution is -0.386. The summed E-state index contributed by atoms with van der Waals surface area (Å²) >= 11 is 0. The molecule has 0 radical (unpaired) electrons. The van der Waals surface area contributed by atoms with Crippen LogP contribution in [0.5, 0.6) is 0 Å². The van der Waals surface area contributed by atoms with E-state index in [-0.39, 0.29) is 22.8 Å². The van der Waals surface area contributed by atoms with E-state index in [9.17, 15) is 18.9 Å². The summed E-state index contributed by atoms with van der Waals surface area (Å²) in [7, 11) is 0. The number of rotatable bonds is 4. The number of hydrogen-bond donors (Lipinski definition) is 1. The minimum Gasteiger partial charge on any atom is -0.359 e. The lowest BCUT2D eigenvalue weighted by Gasteiger charge is -2.01. The van der Waals surface area contributed by atoms with E-state index >= 15 is 0 Å². The van der Waals surface area contributed by atoms with E-state index in [0.717, 1.165) is 12.1 Å². The maximum Gasteiger partial charge on any atom is 0.338 e. The summed E-state index contributed by atoms with van der Waals surface area (Å²) in [5.74, 6) is -1.54. The number of anilines is 1. The third-order valence-electron chi connectivity index (χ3n) is 2.44. The molecule has 2 rings (SSSR count). The molecule has 104 valence electrons. The number of nitrogens with zero attached hydrogens (tertiary/aromatic N) is 2. The number of aromatic nitrogens is 1. The first-order valence-electron chi connectivity index (χ1n) is 5.48. The predicted octanol–water partition coefficient (Wildman–Crippen LogP) is 3.25. The third kappa shape index (κ3) is 2.79. The van der Waals surface area contributed by atoms with Crippen LogP contribution in [0.2, 0.25) is 0 Å². The molecule has 0 bridgehead atoms. The van der Waals surface area contributed by atoms with Crippen molar-refractivity contribution in [1.82, 2.24) is 5.16 Å². The Kier molecular flexibility index (Phi) is 3.74. The van der Waals surface area contributed by atoms with Gasteiger partial charge in [0.2, 0.25) is 5.76 Å². The summed E-state index contributed by atoms with van der Waals surface area (Å²) in [5.41, 5.74) is -0.0909. The van der Waals surface area contributed by atoms with Crippen molar-refractivity contribution in [3.63, 3.8) is 0 Å². The molecule has 0 saturated heterocycles. The Bertz CT molecular complexity index is 683. The van der Waals surface area contributed by atoms with Crippen LogP contribution in [0.1, 0.15) is 11.5 Å². The van der Waals surface area contributed by atoms with Gasteiger partial charge in [0.1, 0.15) is 11.6 Å². The van der Waals surface area contributed by atoms with Crippen LogP contribution in [0.25, 0.3) is 6.08 Å². The van der Waals surface area contributed by atoms with Gasteiger partial charge in [-0.3, -0.25) is 10.1 Å². The van der Waals surface area contributed by atoms with Gasteiger partial charge in [0.15, 0.2) is 5.69 Å². The van der Waals surface area contributed by atoms with Gasteiger partial charge in [0.05, 0.1) is 10.6 Å².